The van der Waals surface area contributed by atoms with Gasteiger partial charge in [0.2, 0.25) is 0 Å². The molecule has 0 bridgehead atoms. The van der Waals surface area contributed by atoms with E-state index in [1.807, 2.05) is 12.1 Å². The summed E-state index contributed by atoms with van der Waals surface area (Å²) in [5, 5.41) is 2.86. The summed E-state index contributed by atoms with van der Waals surface area (Å²) in [6.45, 7) is 0. The van der Waals surface area contributed by atoms with Gasteiger partial charge in [0, 0.05) is 12.5 Å². The van der Waals surface area contributed by atoms with E-state index >= 15 is 0 Å². The average molecular weight is 231 g/mol. The molecule has 0 spiro atoms. The van der Waals surface area contributed by atoms with Gasteiger partial charge in [-0.25, -0.2) is 4.79 Å². The number of cyclic esters (lactones) is 1. The molecule has 0 aromatic heterocycles. The summed E-state index contributed by atoms with van der Waals surface area (Å²) in [5.41, 5.74) is 1.46. The molecule has 1 aromatic rings. The van der Waals surface area contributed by atoms with Gasteiger partial charge in [-0.3, -0.25) is 4.79 Å². The van der Waals surface area contributed by atoms with Gasteiger partial charge in [0.15, 0.2) is 6.10 Å². The predicted octanol–water partition coefficient (Wildman–Crippen LogP) is 1.05. The van der Waals surface area contributed by atoms with Crippen LogP contribution in [0.4, 0.5) is 0 Å². The van der Waals surface area contributed by atoms with Gasteiger partial charge in [-0.05, 0) is 24.5 Å². The molecule has 4 nitrogen and oxygen atoms in total. The Kier molecular flexibility index (Phi) is 2.35. The van der Waals surface area contributed by atoms with Crippen LogP contribution >= 0.6 is 0 Å². The highest BCUT2D eigenvalue weighted by atomic mass is 16.5. The minimum Gasteiger partial charge on any atom is -0.448 e. The third-order valence-electron chi connectivity index (χ3n) is 3.11. The average Bonchev–Trinajstić information content (AvgIpc) is 3.13. The number of fused-ring (bicyclic) bond motifs is 1. The fourth-order valence-corrected chi connectivity index (χ4v) is 2.00. The Morgan fingerprint density at radius 1 is 1.29 bits per heavy atom. The molecule has 1 atom stereocenters. The number of hydrogen-bond acceptors (Lipinski definition) is 3. The molecule has 1 saturated carbocycles. The fraction of sp³-hybridized carbons (Fsp3) is 0.385. The summed E-state index contributed by atoms with van der Waals surface area (Å²) >= 11 is 0. The monoisotopic (exact) mass is 231 g/mol. The quantitative estimate of drug-likeness (QED) is 0.774. The molecule has 1 heterocycles. The number of benzene rings is 1. The summed E-state index contributed by atoms with van der Waals surface area (Å²) in [7, 11) is 0. The Morgan fingerprint density at radius 2 is 2.06 bits per heavy atom. The molecule has 0 saturated heterocycles. The lowest BCUT2D eigenvalue weighted by Gasteiger charge is -2.23. The van der Waals surface area contributed by atoms with Gasteiger partial charge in [0.05, 0.1) is 5.56 Å². The van der Waals surface area contributed by atoms with Crippen LogP contribution in [0.3, 0.4) is 0 Å². The number of ether oxygens (including phenoxy) is 1. The zero-order chi connectivity index (χ0) is 11.8. The Morgan fingerprint density at radius 3 is 2.82 bits per heavy atom. The lowest BCUT2D eigenvalue weighted by Crippen LogP contribution is -2.42. The standard InChI is InChI=1S/C13H13NO3/c15-12(14-9-5-6-9)11-7-8-3-1-2-4-10(8)13(16)17-11/h1-4,9,11H,5-7H2,(H,14,15). The van der Waals surface area contributed by atoms with E-state index in [1.54, 1.807) is 12.1 Å². The Bertz CT molecular complexity index is 479. The van der Waals surface area contributed by atoms with Gasteiger partial charge in [-0.1, -0.05) is 18.2 Å². The van der Waals surface area contributed by atoms with E-state index in [9.17, 15) is 9.59 Å². The first-order valence-electron chi connectivity index (χ1n) is 5.83. The van der Waals surface area contributed by atoms with E-state index in [1.165, 1.54) is 0 Å². The second-order valence-electron chi connectivity index (χ2n) is 4.54. The van der Waals surface area contributed by atoms with E-state index in [-0.39, 0.29) is 5.91 Å². The van der Waals surface area contributed by atoms with E-state index < -0.39 is 12.1 Å². The maximum absolute atomic E-state index is 11.8. The van der Waals surface area contributed by atoms with E-state index in [4.69, 9.17) is 4.74 Å². The number of carbonyl (C=O) groups is 2. The molecular formula is C13H13NO3. The molecule has 1 aliphatic carbocycles. The molecule has 3 rings (SSSR count). The fourth-order valence-electron chi connectivity index (χ4n) is 2.00. The largest absolute Gasteiger partial charge is 0.448 e. The Balaban J connectivity index is 1.78. The molecule has 1 N–H and O–H groups in total. The van der Waals surface area contributed by atoms with Crippen molar-refractivity contribution in [3.05, 3.63) is 35.4 Å². The molecule has 1 amide bonds. The van der Waals surface area contributed by atoms with Crippen LogP contribution in [0.2, 0.25) is 0 Å². The van der Waals surface area contributed by atoms with Crippen LogP contribution < -0.4 is 5.32 Å². The topological polar surface area (TPSA) is 55.4 Å². The zero-order valence-corrected chi connectivity index (χ0v) is 9.31. The first-order chi connectivity index (χ1) is 8.24. The smallest absolute Gasteiger partial charge is 0.339 e. The van der Waals surface area contributed by atoms with Crippen molar-refractivity contribution in [2.75, 3.05) is 0 Å². The minimum absolute atomic E-state index is 0.171. The van der Waals surface area contributed by atoms with Gasteiger partial charge in [0.25, 0.3) is 5.91 Å². The molecule has 1 aromatic carbocycles. The SMILES string of the molecule is O=C1OC(C(=O)NC2CC2)Cc2ccccc21. The van der Waals surface area contributed by atoms with Crippen molar-refractivity contribution in [1.82, 2.24) is 5.32 Å². The zero-order valence-electron chi connectivity index (χ0n) is 9.31. The van der Waals surface area contributed by atoms with Gasteiger partial charge < -0.3 is 10.1 Å². The lowest BCUT2D eigenvalue weighted by molar-refractivity contribution is -0.130. The molecule has 4 heteroatoms. The van der Waals surface area contributed by atoms with Gasteiger partial charge in [0.1, 0.15) is 0 Å². The second-order valence-corrected chi connectivity index (χ2v) is 4.54. The predicted molar refractivity (Wildman–Crippen MR) is 60.5 cm³/mol. The van der Waals surface area contributed by atoms with Crippen molar-refractivity contribution >= 4 is 11.9 Å². The van der Waals surface area contributed by atoms with Gasteiger partial charge >= 0.3 is 5.97 Å². The van der Waals surface area contributed by atoms with Crippen molar-refractivity contribution in [2.24, 2.45) is 0 Å². The van der Waals surface area contributed by atoms with E-state index in [2.05, 4.69) is 5.32 Å². The van der Waals surface area contributed by atoms with E-state index in [0.717, 1.165) is 18.4 Å². The first kappa shape index (κ1) is 10.3. The Hall–Kier alpha value is -1.84. The number of hydrogen-bond donors (Lipinski definition) is 1. The van der Waals surface area contributed by atoms with Crippen LogP contribution in [-0.2, 0) is 16.0 Å². The highest BCUT2D eigenvalue weighted by molar-refractivity contribution is 5.95. The van der Waals surface area contributed by atoms with Crippen molar-refractivity contribution in [1.29, 1.82) is 0 Å². The van der Waals surface area contributed by atoms with Crippen LogP contribution in [-0.4, -0.2) is 24.0 Å². The summed E-state index contributed by atoms with van der Waals surface area (Å²) < 4.78 is 5.15. The van der Waals surface area contributed by atoms with Crippen molar-refractivity contribution in [3.63, 3.8) is 0 Å². The molecule has 0 radical (unpaired) electrons. The molecular weight excluding hydrogens is 218 g/mol. The minimum atomic E-state index is -0.669. The third kappa shape index (κ3) is 2.02. The van der Waals surface area contributed by atoms with Crippen LogP contribution in [0, 0.1) is 0 Å². The Labute approximate surface area is 99.0 Å². The normalized spacial score (nSPS) is 22.6. The number of amides is 1. The van der Waals surface area contributed by atoms with E-state index in [0.29, 0.717) is 18.0 Å². The maximum atomic E-state index is 11.8. The summed E-state index contributed by atoms with van der Waals surface area (Å²) in [6, 6.07) is 7.55. The van der Waals surface area contributed by atoms with Gasteiger partial charge in [-0.2, -0.15) is 0 Å². The summed E-state index contributed by atoms with van der Waals surface area (Å²) in [5.74, 6) is -0.571. The lowest BCUT2D eigenvalue weighted by atomic mass is 9.98. The van der Waals surface area contributed by atoms with Gasteiger partial charge in [-0.15, -0.1) is 0 Å². The third-order valence-corrected chi connectivity index (χ3v) is 3.11. The van der Waals surface area contributed by atoms with Crippen LogP contribution in [0.5, 0.6) is 0 Å². The maximum Gasteiger partial charge on any atom is 0.339 e. The van der Waals surface area contributed by atoms with Crippen molar-refractivity contribution < 1.29 is 14.3 Å². The van der Waals surface area contributed by atoms with Crippen molar-refractivity contribution in [2.45, 2.75) is 31.4 Å². The molecule has 2 aliphatic rings. The van der Waals surface area contributed by atoms with Crippen LogP contribution in [0.25, 0.3) is 0 Å². The molecule has 1 aliphatic heterocycles. The van der Waals surface area contributed by atoms with Crippen molar-refractivity contribution in [3.8, 4) is 0 Å². The molecule has 1 fully saturated rings. The highest BCUT2D eigenvalue weighted by Crippen LogP contribution is 2.23. The molecule has 88 valence electrons. The highest BCUT2D eigenvalue weighted by Gasteiger charge is 2.33. The number of esters is 1. The molecule has 17 heavy (non-hydrogen) atoms. The number of nitrogens with one attached hydrogen (secondary N) is 1. The summed E-state index contributed by atoms with van der Waals surface area (Å²) in [6.07, 6.45) is 1.87. The second kappa shape index (κ2) is 3.87. The van der Waals surface area contributed by atoms with Crippen LogP contribution in [0.15, 0.2) is 24.3 Å². The first-order valence-corrected chi connectivity index (χ1v) is 5.83. The number of rotatable bonds is 2. The molecule has 1 unspecified atom stereocenters. The number of carbonyl (C=O) groups excluding carboxylic acids is 2. The summed E-state index contributed by atoms with van der Waals surface area (Å²) in [4.78, 5) is 23.5. The van der Waals surface area contributed by atoms with Crippen LogP contribution in [0.1, 0.15) is 28.8 Å².